The summed E-state index contributed by atoms with van der Waals surface area (Å²) < 4.78 is 0. The maximum absolute atomic E-state index is 12.5. The Balaban J connectivity index is 1.68. The zero-order chi connectivity index (χ0) is 21.8. The van der Waals surface area contributed by atoms with E-state index in [4.69, 9.17) is 4.98 Å². The lowest BCUT2D eigenvalue weighted by atomic mass is 9.81. The number of fused-ring (bicyclic) bond motifs is 1. The number of pyridine rings is 1. The molecule has 1 aromatic heterocycles. The Morgan fingerprint density at radius 1 is 0.594 bits per heavy atom. The minimum atomic E-state index is -1.25. The molecule has 0 bridgehead atoms. The van der Waals surface area contributed by atoms with Crippen LogP contribution in [0.4, 0.5) is 0 Å². The van der Waals surface area contributed by atoms with Crippen LogP contribution in [0.3, 0.4) is 0 Å². The van der Waals surface area contributed by atoms with E-state index in [0.717, 1.165) is 32.6 Å². The number of rotatable bonds is 6. The second kappa shape index (κ2) is 8.99. The van der Waals surface area contributed by atoms with Crippen molar-refractivity contribution >= 4 is 22.7 Å². The van der Waals surface area contributed by atoms with E-state index in [-0.39, 0.29) is 5.25 Å². The van der Waals surface area contributed by atoms with Gasteiger partial charge in [0.15, 0.2) is 0 Å². The monoisotopic (exact) mass is 433 g/mol. The van der Waals surface area contributed by atoms with Crippen LogP contribution in [0.15, 0.2) is 132 Å². The van der Waals surface area contributed by atoms with Crippen molar-refractivity contribution in [2.24, 2.45) is 0 Å². The van der Waals surface area contributed by atoms with Crippen LogP contribution >= 0.6 is 11.8 Å². The van der Waals surface area contributed by atoms with Gasteiger partial charge in [0, 0.05) is 5.39 Å². The lowest BCUT2D eigenvalue weighted by Gasteiger charge is -2.37. The predicted octanol–water partition coefficient (Wildman–Crippen LogP) is 7.00. The summed E-state index contributed by atoms with van der Waals surface area (Å²) in [6.45, 7) is 0. The molecule has 1 N–H and O–H groups in total. The summed E-state index contributed by atoms with van der Waals surface area (Å²) in [7, 11) is 0. The summed E-state index contributed by atoms with van der Waals surface area (Å²) in [5.74, 6) is 0. The summed E-state index contributed by atoms with van der Waals surface area (Å²) >= 11 is 1.59. The van der Waals surface area contributed by atoms with Crippen LogP contribution in [-0.4, -0.2) is 10.1 Å². The fourth-order valence-corrected chi connectivity index (χ4v) is 5.39. The molecule has 5 rings (SSSR count). The molecule has 3 heteroatoms. The van der Waals surface area contributed by atoms with Crippen molar-refractivity contribution in [3.8, 4) is 0 Å². The van der Waals surface area contributed by atoms with Crippen LogP contribution in [0.25, 0.3) is 10.9 Å². The molecule has 0 saturated carbocycles. The van der Waals surface area contributed by atoms with E-state index in [9.17, 15) is 5.11 Å². The van der Waals surface area contributed by atoms with Crippen LogP contribution in [0.5, 0.6) is 0 Å². The zero-order valence-electron chi connectivity index (χ0n) is 17.5. The van der Waals surface area contributed by atoms with Crippen molar-refractivity contribution < 1.29 is 5.11 Å². The van der Waals surface area contributed by atoms with Crippen molar-refractivity contribution in [1.29, 1.82) is 0 Å². The third-order valence-electron chi connectivity index (χ3n) is 5.72. The van der Waals surface area contributed by atoms with Gasteiger partial charge in [-0.05, 0) is 28.8 Å². The Morgan fingerprint density at radius 3 is 1.75 bits per heavy atom. The molecular weight excluding hydrogens is 410 g/mol. The summed E-state index contributed by atoms with van der Waals surface area (Å²) in [5.41, 5.74) is 2.46. The van der Waals surface area contributed by atoms with Gasteiger partial charge < -0.3 is 5.11 Å². The average Bonchev–Trinajstić information content (AvgIpc) is 2.88. The molecule has 0 saturated heterocycles. The SMILES string of the molecule is OC(c1ccccc1)(c1ccccc1)[C@@H](Sc1ccc2ccccc2n1)c1ccccc1. The molecule has 0 radical (unpaired) electrons. The zero-order valence-corrected chi connectivity index (χ0v) is 18.3. The summed E-state index contributed by atoms with van der Waals surface area (Å²) in [6, 6.07) is 42.3. The second-order valence-corrected chi connectivity index (χ2v) is 8.87. The topological polar surface area (TPSA) is 33.1 Å². The molecule has 2 nitrogen and oxygen atoms in total. The molecule has 0 fully saturated rings. The molecule has 0 unspecified atom stereocenters. The van der Waals surface area contributed by atoms with Crippen LogP contribution in [0, 0.1) is 0 Å². The van der Waals surface area contributed by atoms with Crippen molar-refractivity contribution in [2.45, 2.75) is 15.9 Å². The highest BCUT2D eigenvalue weighted by Gasteiger charge is 2.42. The molecule has 0 spiro atoms. The van der Waals surface area contributed by atoms with E-state index in [1.807, 2.05) is 103 Å². The van der Waals surface area contributed by atoms with E-state index in [2.05, 4.69) is 24.3 Å². The first-order valence-electron chi connectivity index (χ1n) is 10.7. The quantitative estimate of drug-likeness (QED) is 0.293. The first kappa shape index (κ1) is 20.5. The number of nitrogens with zero attached hydrogens (tertiary/aromatic N) is 1. The minimum Gasteiger partial charge on any atom is -0.379 e. The molecule has 1 atom stereocenters. The molecule has 5 aromatic rings. The molecule has 4 aromatic carbocycles. The maximum atomic E-state index is 12.5. The van der Waals surface area contributed by atoms with Gasteiger partial charge in [0.1, 0.15) is 5.60 Å². The minimum absolute atomic E-state index is 0.304. The number of hydrogen-bond acceptors (Lipinski definition) is 3. The first-order valence-corrected chi connectivity index (χ1v) is 11.5. The van der Waals surface area contributed by atoms with Crippen LogP contribution < -0.4 is 0 Å². The predicted molar refractivity (Wildman–Crippen MR) is 133 cm³/mol. The van der Waals surface area contributed by atoms with Gasteiger partial charge in [-0.15, -0.1) is 0 Å². The number of thioether (sulfide) groups is 1. The van der Waals surface area contributed by atoms with E-state index in [1.165, 1.54) is 0 Å². The van der Waals surface area contributed by atoms with Crippen molar-refractivity contribution in [3.05, 3.63) is 144 Å². The van der Waals surface area contributed by atoms with Gasteiger partial charge in [0.05, 0.1) is 15.8 Å². The maximum Gasteiger partial charge on any atom is 0.131 e. The Bertz CT molecular complexity index is 1270. The number of aromatic nitrogens is 1. The molecular formula is C29H23NOS. The van der Waals surface area contributed by atoms with Gasteiger partial charge >= 0.3 is 0 Å². The van der Waals surface area contributed by atoms with E-state index >= 15 is 0 Å². The molecule has 156 valence electrons. The second-order valence-electron chi connectivity index (χ2n) is 7.75. The normalized spacial score (nSPS) is 12.5. The molecule has 1 heterocycles. The Hall–Kier alpha value is -3.40. The lowest BCUT2D eigenvalue weighted by Crippen LogP contribution is -2.33. The van der Waals surface area contributed by atoms with Gasteiger partial charge in [-0.3, -0.25) is 0 Å². The van der Waals surface area contributed by atoms with Gasteiger partial charge in [-0.2, -0.15) is 0 Å². The number of aliphatic hydroxyl groups is 1. The molecule has 0 aliphatic heterocycles. The highest BCUT2D eigenvalue weighted by molar-refractivity contribution is 7.99. The number of benzene rings is 4. The van der Waals surface area contributed by atoms with Gasteiger partial charge in [-0.1, -0.05) is 127 Å². The molecule has 0 aliphatic rings. The molecule has 0 amide bonds. The van der Waals surface area contributed by atoms with E-state index < -0.39 is 5.60 Å². The van der Waals surface area contributed by atoms with Crippen LogP contribution in [-0.2, 0) is 5.60 Å². The van der Waals surface area contributed by atoms with Crippen molar-refractivity contribution in [3.63, 3.8) is 0 Å². The largest absolute Gasteiger partial charge is 0.379 e. The third-order valence-corrected chi connectivity index (χ3v) is 7.04. The number of para-hydroxylation sites is 1. The summed E-state index contributed by atoms with van der Waals surface area (Å²) in [6.07, 6.45) is 0. The van der Waals surface area contributed by atoms with Crippen molar-refractivity contribution in [1.82, 2.24) is 4.98 Å². The summed E-state index contributed by atoms with van der Waals surface area (Å²) in [4.78, 5) is 4.89. The van der Waals surface area contributed by atoms with E-state index in [1.54, 1.807) is 11.8 Å². The lowest BCUT2D eigenvalue weighted by molar-refractivity contribution is 0.0777. The van der Waals surface area contributed by atoms with Crippen LogP contribution in [0.2, 0.25) is 0 Å². The Labute approximate surface area is 192 Å². The third kappa shape index (κ3) is 3.93. The summed E-state index contributed by atoms with van der Waals surface area (Å²) in [5, 5.41) is 14.2. The molecule has 32 heavy (non-hydrogen) atoms. The van der Waals surface area contributed by atoms with Gasteiger partial charge in [0.2, 0.25) is 0 Å². The van der Waals surface area contributed by atoms with E-state index in [0.29, 0.717) is 0 Å². The van der Waals surface area contributed by atoms with Gasteiger partial charge in [-0.25, -0.2) is 4.98 Å². The molecule has 0 aliphatic carbocycles. The highest BCUT2D eigenvalue weighted by atomic mass is 32.2. The standard InChI is InChI=1S/C29H23NOS/c31-29(24-15-6-2-7-16-24,25-17-8-3-9-18-25)28(23-13-4-1-5-14-23)32-27-21-20-22-12-10-11-19-26(22)30-27/h1-21,28,31H/t28-/m0/s1. The van der Waals surface area contributed by atoms with Crippen molar-refractivity contribution in [2.75, 3.05) is 0 Å². The first-order chi connectivity index (χ1) is 15.7. The number of hydrogen-bond donors (Lipinski definition) is 1. The Morgan fingerprint density at radius 2 is 1.12 bits per heavy atom. The smallest absolute Gasteiger partial charge is 0.131 e. The van der Waals surface area contributed by atoms with Gasteiger partial charge in [0.25, 0.3) is 0 Å². The fraction of sp³-hybridized carbons (Fsp3) is 0.0690. The average molecular weight is 434 g/mol. The fourth-order valence-electron chi connectivity index (χ4n) is 4.11. The Kier molecular flexibility index (Phi) is 5.76. The van der Waals surface area contributed by atoms with Crippen LogP contribution in [0.1, 0.15) is 21.9 Å². The highest BCUT2D eigenvalue weighted by Crippen LogP contribution is 2.50.